The van der Waals surface area contributed by atoms with Crippen LogP contribution in [-0.2, 0) is 0 Å². The molecule has 0 saturated carbocycles. The molecular formula is C18H12F3N3S. The molecule has 0 aliphatic carbocycles. The van der Waals surface area contributed by atoms with Gasteiger partial charge in [0.2, 0.25) is 0 Å². The molecule has 3 nitrogen and oxygen atoms in total. The third-order valence-electron chi connectivity index (χ3n) is 3.83. The Kier molecular flexibility index (Phi) is 3.73. The number of thiazole rings is 1. The Morgan fingerprint density at radius 3 is 2.44 bits per heavy atom. The smallest absolute Gasteiger partial charge is 0.196 e. The molecule has 0 bridgehead atoms. The summed E-state index contributed by atoms with van der Waals surface area (Å²) in [5.74, 6) is -1.14. The van der Waals surface area contributed by atoms with Crippen LogP contribution in [0, 0.1) is 24.4 Å². The molecule has 7 heteroatoms. The molecule has 4 rings (SSSR count). The van der Waals surface area contributed by atoms with Gasteiger partial charge in [-0.3, -0.25) is 4.40 Å². The SMILES string of the molecule is Cc1csc2nc(-c3ccc(F)cc3F)c(Nc3ccc(F)cc3)n12. The van der Waals surface area contributed by atoms with E-state index in [1.165, 1.54) is 35.6 Å². The predicted octanol–water partition coefficient (Wildman–Crippen LogP) is 5.53. The third-order valence-corrected chi connectivity index (χ3v) is 4.77. The number of hydrogen-bond acceptors (Lipinski definition) is 3. The van der Waals surface area contributed by atoms with E-state index >= 15 is 0 Å². The summed E-state index contributed by atoms with van der Waals surface area (Å²) in [5, 5.41) is 5.10. The molecule has 0 aliphatic rings. The Morgan fingerprint density at radius 1 is 1.00 bits per heavy atom. The number of fused-ring (bicyclic) bond motifs is 1. The van der Waals surface area contributed by atoms with E-state index in [1.54, 1.807) is 12.1 Å². The molecule has 0 amide bonds. The lowest BCUT2D eigenvalue weighted by Crippen LogP contribution is -1.98. The summed E-state index contributed by atoms with van der Waals surface area (Å²) in [6, 6.07) is 9.22. The first-order valence-corrected chi connectivity index (χ1v) is 8.35. The molecule has 0 fully saturated rings. The molecule has 0 unspecified atom stereocenters. The normalized spacial score (nSPS) is 11.2. The van der Waals surface area contributed by atoms with E-state index in [0.717, 1.165) is 11.8 Å². The Hall–Kier alpha value is -2.80. The van der Waals surface area contributed by atoms with E-state index in [9.17, 15) is 13.2 Å². The van der Waals surface area contributed by atoms with Crippen molar-refractivity contribution >= 4 is 27.8 Å². The van der Waals surface area contributed by atoms with Gasteiger partial charge in [0, 0.05) is 28.4 Å². The lowest BCUT2D eigenvalue weighted by atomic mass is 10.1. The minimum Gasteiger partial charge on any atom is -0.339 e. The van der Waals surface area contributed by atoms with Crippen LogP contribution < -0.4 is 5.32 Å². The van der Waals surface area contributed by atoms with Crippen molar-refractivity contribution in [3.63, 3.8) is 0 Å². The number of benzene rings is 2. The number of nitrogens with one attached hydrogen (secondary N) is 1. The lowest BCUT2D eigenvalue weighted by Gasteiger charge is -2.10. The Balaban J connectivity index is 1.90. The minimum atomic E-state index is -0.689. The number of nitrogens with zero attached hydrogens (tertiary/aromatic N) is 2. The quantitative estimate of drug-likeness (QED) is 0.521. The maximum Gasteiger partial charge on any atom is 0.196 e. The summed E-state index contributed by atoms with van der Waals surface area (Å²) >= 11 is 1.42. The summed E-state index contributed by atoms with van der Waals surface area (Å²) in [7, 11) is 0. The first kappa shape index (κ1) is 15.7. The van der Waals surface area contributed by atoms with Crippen molar-refractivity contribution in [3.8, 4) is 11.3 Å². The highest BCUT2D eigenvalue weighted by atomic mass is 32.1. The average molecular weight is 359 g/mol. The summed E-state index contributed by atoms with van der Waals surface area (Å²) in [4.78, 5) is 5.17. The van der Waals surface area contributed by atoms with Gasteiger partial charge in [-0.05, 0) is 43.3 Å². The number of rotatable bonds is 3. The largest absolute Gasteiger partial charge is 0.339 e. The highest BCUT2D eigenvalue weighted by molar-refractivity contribution is 7.15. The zero-order valence-electron chi connectivity index (χ0n) is 13.1. The van der Waals surface area contributed by atoms with Crippen LogP contribution in [0.3, 0.4) is 0 Å². The minimum absolute atomic E-state index is 0.196. The van der Waals surface area contributed by atoms with Gasteiger partial charge in [0.15, 0.2) is 4.96 Å². The second kappa shape index (κ2) is 5.93. The maximum absolute atomic E-state index is 14.3. The van der Waals surface area contributed by atoms with Crippen molar-refractivity contribution in [1.82, 2.24) is 9.38 Å². The summed E-state index contributed by atoms with van der Waals surface area (Å²) in [6.45, 7) is 1.91. The second-order valence-corrected chi connectivity index (χ2v) is 6.40. The van der Waals surface area contributed by atoms with E-state index in [1.807, 2.05) is 16.7 Å². The molecule has 1 N–H and O–H groups in total. The molecule has 25 heavy (non-hydrogen) atoms. The lowest BCUT2D eigenvalue weighted by molar-refractivity contribution is 0.585. The van der Waals surface area contributed by atoms with Crippen LogP contribution in [0.1, 0.15) is 5.69 Å². The molecule has 0 spiro atoms. The topological polar surface area (TPSA) is 29.3 Å². The first-order valence-electron chi connectivity index (χ1n) is 7.47. The highest BCUT2D eigenvalue weighted by Gasteiger charge is 2.20. The maximum atomic E-state index is 14.3. The van der Waals surface area contributed by atoms with Crippen LogP contribution >= 0.6 is 11.3 Å². The molecule has 2 aromatic carbocycles. The van der Waals surface area contributed by atoms with Crippen molar-refractivity contribution in [3.05, 3.63) is 71.0 Å². The van der Waals surface area contributed by atoms with Crippen molar-refractivity contribution < 1.29 is 13.2 Å². The Morgan fingerprint density at radius 2 is 1.72 bits per heavy atom. The summed E-state index contributed by atoms with van der Waals surface area (Å²) in [6.07, 6.45) is 0. The monoisotopic (exact) mass is 359 g/mol. The van der Waals surface area contributed by atoms with Gasteiger partial charge in [-0.15, -0.1) is 11.3 Å². The van der Waals surface area contributed by atoms with Gasteiger partial charge in [0.05, 0.1) is 0 Å². The molecule has 0 aliphatic heterocycles. The number of aryl methyl sites for hydroxylation is 1. The van der Waals surface area contributed by atoms with Gasteiger partial charge in [-0.25, -0.2) is 18.2 Å². The molecular weight excluding hydrogens is 347 g/mol. The second-order valence-electron chi connectivity index (χ2n) is 5.56. The van der Waals surface area contributed by atoms with E-state index in [4.69, 9.17) is 0 Å². The van der Waals surface area contributed by atoms with Crippen molar-refractivity contribution in [2.75, 3.05) is 5.32 Å². The van der Waals surface area contributed by atoms with Gasteiger partial charge in [-0.1, -0.05) is 0 Å². The van der Waals surface area contributed by atoms with Crippen molar-refractivity contribution in [2.24, 2.45) is 0 Å². The number of imidazole rings is 1. The van der Waals surface area contributed by atoms with Crippen LogP contribution in [0.25, 0.3) is 16.2 Å². The fourth-order valence-electron chi connectivity index (χ4n) is 2.65. The van der Waals surface area contributed by atoms with Gasteiger partial charge in [-0.2, -0.15) is 0 Å². The van der Waals surface area contributed by atoms with E-state index < -0.39 is 11.6 Å². The third kappa shape index (κ3) is 2.76. The summed E-state index contributed by atoms with van der Waals surface area (Å²) < 4.78 is 42.5. The van der Waals surface area contributed by atoms with Gasteiger partial charge < -0.3 is 5.32 Å². The zero-order valence-corrected chi connectivity index (χ0v) is 13.9. The predicted molar refractivity (Wildman–Crippen MR) is 92.8 cm³/mol. The molecule has 0 atom stereocenters. The Labute approximate surface area is 145 Å². The fourth-order valence-corrected chi connectivity index (χ4v) is 3.52. The Bertz CT molecular complexity index is 1070. The number of hydrogen-bond donors (Lipinski definition) is 1. The van der Waals surface area contributed by atoms with Crippen molar-refractivity contribution in [1.29, 1.82) is 0 Å². The zero-order chi connectivity index (χ0) is 17.6. The van der Waals surface area contributed by atoms with Crippen LogP contribution in [-0.4, -0.2) is 9.38 Å². The average Bonchev–Trinajstić information content (AvgIpc) is 3.11. The first-order chi connectivity index (χ1) is 12.0. The molecule has 126 valence electrons. The van der Waals surface area contributed by atoms with E-state index in [-0.39, 0.29) is 11.4 Å². The van der Waals surface area contributed by atoms with Crippen LogP contribution in [0.4, 0.5) is 24.7 Å². The highest BCUT2D eigenvalue weighted by Crippen LogP contribution is 2.35. The van der Waals surface area contributed by atoms with Crippen molar-refractivity contribution in [2.45, 2.75) is 6.92 Å². The number of anilines is 2. The van der Waals surface area contributed by atoms with E-state index in [0.29, 0.717) is 22.2 Å². The van der Waals surface area contributed by atoms with Gasteiger partial charge in [0.25, 0.3) is 0 Å². The molecule has 4 aromatic rings. The van der Waals surface area contributed by atoms with Gasteiger partial charge in [0.1, 0.15) is 29.0 Å². The molecule has 2 heterocycles. The summed E-state index contributed by atoms with van der Waals surface area (Å²) in [5.41, 5.74) is 2.13. The van der Waals surface area contributed by atoms with Gasteiger partial charge >= 0.3 is 0 Å². The standard InChI is InChI=1S/C18H12F3N3S/c1-10-9-25-18-23-16(14-7-4-12(20)8-15(14)21)17(24(10)18)22-13-5-2-11(19)3-6-13/h2-9,22H,1H3. The van der Waals surface area contributed by atoms with Crippen LogP contribution in [0.5, 0.6) is 0 Å². The number of aromatic nitrogens is 2. The molecule has 0 saturated heterocycles. The number of halogens is 3. The van der Waals surface area contributed by atoms with E-state index in [2.05, 4.69) is 10.3 Å². The molecule has 2 aromatic heterocycles. The fraction of sp³-hybridized carbons (Fsp3) is 0.0556. The molecule has 0 radical (unpaired) electrons. The van der Waals surface area contributed by atoms with Crippen LogP contribution in [0.2, 0.25) is 0 Å². The van der Waals surface area contributed by atoms with Crippen LogP contribution in [0.15, 0.2) is 47.8 Å².